The smallest absolute Gasteiger partial charge is 0.199 e. The van der Waals surface area contributed by atoms with Gasteiger partial charge in [-0.25, -0.2) is 4.39 Å². The molecule has 0 bridgehead atoms. The van der Waals surface area contributed by atoms with Gasteiger partial charge in [-0.3, -0.25) is 4.79 Å². The first kappa shape index (κ1) is 14.7. The van der Waals surface area contributed by atoms with Crippen LogP contribution in [0.15, 0.2) is 48.5 Å². The fourth-order valence-corrected chi connectivity index (χ4v) is 2.11. The summed E-state index contributed by atoms with van der Waals surface area (Å²) >= 11 is 5.70. The molecule has 0 aliphatic heterocycles. The number of ketones is 1. The first-order valence-corrected chi connectivity index (χ1v) is 6.67. The Morgan fingerprint density at radius 1 is 1.25 bits per heavy atom. The Morgan fingerprint density at radius 2 is 1.95 bits per heavy atom. The highest BCUT2D eigenvalue weighted by molar-refractivity contribution is 6.30. The lowest BCUT2D eigenvalue weighted by molar-refractivity contribution is 0.0449. The molecule has 0 N–H and O–H groups in total. The van der Waals surface area contributed by atoms with Gasteiger partial charge in [0.05, 0.1) is 5.56 Å². The van der Waals surface area contributed by atoms with Crippen molar-refractivity contribution in [3.63, 3.8) is 0 Å². The van der Waals surface area contributed by atoms with E-state index in [0.717, 1.165) is 6.07 Å². The van der Waals surface area contributed by atoms with Gasteiger partial charge in [-0.15, -0.1) is 0 Å². The second-order valence-corrected chi connectivity index (χ2v) is 4.67. The van der Waals surface area contributed by atoms with Crippen LogP contribution in [0.2, 0.25) is 5.02 Å². The minimum absolute atomic E-state index is 0.0169. The van der Waals surface area contributed by atoms with Crippen molar-refractivity contribution in [2.24, 2.45) is 0 Å². The van der Waals surface area contributed by atoms with E-state index in [9.17, 15) is 9.18 Å². The fourth-order valence-electron chi connectivity index (χ4n) is 1.95. The lowest BCUT2D eigenvalue weighted by Crippen LogP contribution is -2.17. The largest absolute Gasteiger partial charge is 0.366 e. The monoisotopic (exact) mass is 292 g/mol. The van der Waals surface area contributed by atoms with Gasteiger partial charge in [0, 0.05) is 11.6 Å². The average Bonchev–Trinajstić information content (AvgIpc) is 2.45. The van der Waals surface area contributed by atoms with Gasteiger partial charge in [0.15, 0.2) is 5.78 Å². The highest BCUT2D eigenvalue weighted by Crippen LogP contribution is 2.25. The quantitative estimate of drug-likeness (QED) is 0.762. The van der Waals surface area contributed by atoms with Crippen LogP contribution in [0.3, 0.4) is 0 Å². The van der Waals surface area contributed by atoms with Gasteiger partial charge in [0.25, 0.3) is 0 Å². The zero-order valence-corrected chi connectivity index (χ0v) is 11.7. The van der Waals surface area contributed by atoms with Gasteiger partial charge in [-0.2, -0.15) is 0 Å². The predicted molar refractivity (Wildman–Crippen MR) is 76.5 cm³/mol. The van der Waals surface area contributed by atoms with Crippen molar-refractivity contribution >= 4 is 17.4 Å². The Bertz CT molecular complexity index is 599. The summed E-state index contributed by atoms with van der Waals surface area (Å²) in [4.78, 5) is 12.5. The van der Waals surface area contributed by atoms with Crippen LogP contribution in [-0.2, 0) is 4.74 Å². The summed E-state index contributed by atoms with van der Waals surface area (Å²) in [6.07, 6.45) is -0.808. The zero-order chi connectivity index (χ0) is 14.5. The van der Waals surface area contributed by atoms with Gasteiger partial charge in [-0.1, -0.05) is 41.9 Å². The van der Waals surface area contributed by atoms with Crippen LogP contribution >= 0.6 is 11.6 Å². The summed E-state index contributed by atoms with van der Waals surface area (Å²) in [5.74, 6) is -1.05. The third kappa shape index (κ3) is 3.24. The Labute approximate surface area is 122 Å². The minimum Gasteiger partial charge on any atom is -0.366 e. The summed E-state index contributed by atoms with van der Waals surface area (Å²) in [5, 5.41) is 0.256. The van der Waals surface area contributed by atoms with E-state index in [0.29, 0.717) is 12.2 Å². The lowest BCUT2D eigenvalue weighted by atomic mass is 9.99. The molecule has 2 rings (SSSR count). The molecule has 0 radical (unpaired) electrons. The van der Waals surface area contributed by atoms with Crippen LogP contribution in [0, 0.1) is 5.82 Å². The number of carbonyl (C=O) groups is 1. The van der Waals surface area contributed by atoms with Crippen LogP contribution < -0.4 is 0 Å². The van der Waals surface area contributed by atoms with Crippen LogP contribution in [0.1, 0.15) is 28.9 Å². The number of halogens is 2. The minimum atomic E-state index is -0.808. The number of hydrogen-bond acceptors (Lipinski definition) is 2. The maximum Gasteiger partial charge on any atom is 0.199 e. The predicted octanol–water partition coefficient (Wildman–Crippen LogP) is 4.44. The SMILES string of the molecule is CCOC(C(=O)c1ccc(Cl)cc1F)c1ccccc1. The van der Waals surface area contributed by atoms with Gasteiger partial charge >= 0.3 is 0 Å². The Kier molecular flexibility index (Phi) is 4.88. The summed E-state index contributed by atoms with van der Waals surface area (Å²) in [7, 11) is 0. The van der Waals surface area contributed by atoms with E-state index in [2.05, 4.69) is 0 Å². The molecule has 104 valence electrons. The van der Waals surface area contributed by atoms with E-state index < -0.39 is 17.7 Å². The molecule has 0 aliphatic rings. The fraction of sp³-hybridized carbons (Fsp3) is 0.188. The lowest BCUT2D eigenvalue weighted by Gasteiger charge is -2.16. The van der Waals surface area contributed by atoms with E-state index in [4.69, 9.17) is 16.3 Å². The molecule has 0 saturated heterocycles. The molecule has 0 spiro atoms. The number of Topliss-reactive ketones (excluding diaryl/α,β-unsaturated/α-hetero) is 1. The van der Waals surface area contributed by atoms with Gasteiger partial charge in [0.2, 0.25) is 0 Å². The summed E-state index contributed by atoms with van der Waals surface area (Å²) in [6, 6.07) is 13.0. The van der Waals surface area contributed by atoms with Crippen molar-refractivity contribution in [3.05, 3.63) is 70.5 Å². The highest BCUT2D eigenvalue weighted by atomic mass is 35.5. The zero-order valence-electron chi connectivity index (χ0n) is 11.0. The van der Waals surface area contributed by atoms with E-state index >= 15 is 0 Å². The maximum atomic E-state index is 13.9. The second kappa shape index (κ2) is 6.64. The molecular weight excluding hydrogens is 279 g/mol. The average molecular weight is 293 g/mol. The molecule has 0 heterocycles. The number of rotatable bonds is 5. The molecule has 20 heavy (non-hydrogen) atoms. The summed E-state index contributed by atoms with van der Waals surface area (Å²) < 4.78 is 19.3. The van der Waals surface area contributed by atoms with Crippen molar-refractivity contribution in [2.75, 3.05) is 6.61 Å². The molecule has 2 nitrogen and oxygen atoms in total. The van der Waals surface area contributed by atoms with E-state index in [1.165, 1.54) is 12.1 Å². The molecule has 0 saturated carbocycles. The first-order chi connectivity index (χ1) is 9.63. The number of carbonyl (C=O) groups excluding carboxylic acids is 1. The van der Waals surface area contributed by atoms with Crippen molar-refractivity contribution < 1.29 is 13.9 Å². The van der Waals surface area contributed by atoms with E-state index in [1.54, 1.807) is 19.1 Å². The Balaban J connectivity index is 2.37. The number of benzene rings is 2. The van der Waals surface area contributed by atoms with Crippen LogP contribution in [0.4, 0.5) is 4.39 Å². The van der Waals surface area contributed by atoms with E-state index in [-0.39, 0.29) is 10.6 Å². The van der Waals surface area contributed by atoms with Crippen molar-refractivity contribution in [1.29, 1.82) is 0 Å². The van der Waals surface area contributed by atoms with Crippen molar-refractivity contribution in [2.45, 2.75) is 13.0 Å². The van der Waals surface area contributed by atoms with Crippen molar-refractivity contribution in [3.8, 4) is 0 Å². The normalized spacial score (nSPS) is 12.2. The van der Waals surface area contributed by atoms with Crippen LogP contribution in [-0.4, -0.2) is 12.4 Å². The second-order valence-electron chi connectivity index (χ2n) is 4.23. The summed E-state index contributed by atoms with van der Waals surface area (Å²) in [6.45, 7) is 2.15. The Hall–Kier alpha value is -1.71. The molecule has 2 aromatic carbocycles. The molecule has 0 aliphatic carbocycles. The molecule has 0 amide bonds. The third-order valence-corrected chi connectivity index (χ3v) is 3.11. The molecule has 4 heteroatoms. The third-order valence-electron chi connectivity index (χ3n) is 2.87. The molecule has 0 fully saturated rings. The van der Waals surface area contributed by atoms with Crippen molar-refractivity contribution in [1.82, 2.24) is 0 Å². The maximum absolute atomic E-state index is 13.9. The number of ether oxygens (including phenoxy) is 1. The molecule has 0 aromatic heterocycles. The molecular formula is C16H14ClFO2. The van der Waals surface area contributed by atoms with E-state index in [1.807, 2.05) is 18.2 Å². The molecule has 1 atom stereocenters. The molecule has 2 aromatic rings. The number of hydrogen-bond donors (Lipinski definition) is 0. The standard InChI is InChI=1S/C16H14ClFO2/c1-2-20-16(11-6-4-3-5-7-11)15(19)13-9-8-12(17)10-14(13)18/h3-10,16H,2H2,1H3. The summed E-state index contributed by atoms with van der Waals surface area (Å²) in [5.41, 5.74) is 0.686. The molecule has 1 unspecified atom stereocenters. The first-order valence-electron chi connectivity index (χ1n) is 6.29. The van der Waals surface area contributed by atoms with Crippen LogP contribution in [0.25, 0.3) is 0 Å². The van der Waals surface area contributed by atoms with Gasteiger partial charge in [0.1, 0.15) is 11.9 Å². The van der Waals surface area contributed by atoms with Crippen LogP contribution in [0.5, 0.6) is 0 Å². The van der Waals surface area contributed by atoms with Gasteiger partial charge < -0.3 is 4.74 Å². The van der Waals surface area contributed by atoms with Gasteiger partial charge in [-0.05, 0) is 30.7 Å². The topological polar surface area (TPSA) is 26.3 Å². The highest BCUT2D eigenvalue weighted by Gasteiger charge is 2.24. The Morgan fingerprint density at radius 3 is 2.55 bits per heavy atom.